The van der Waals surface area contributed by atoms with Crippen LogP contribution in [0.1, 0.15) is 63.0 Å². The summed E-state index contributed by atoms with van der Waals surface area (Å²) in [6.07, 6.45) is 9.98. The maximum atomic E-state index is 13.1. The minimum atomic E-state index is 0.0920. The predicted molar refractivity (Wildman–Crippen MR) is 112 cm³/mol. The summed E-state index contributed by atoms with van der Waals surface area (Å²) in [6, 6.07) is 6.18. The fourth-order valence-electron chi connectivity index (χ4n) is 7.25. The minimum absolute atomic E-state index is 0.0920. The van der Waals surface area contributed by atoms with E-state index in [9.17, 15) is 4.79 Å². The first kappa shape index (κ1) is 19.2. The van der Waals surface area contributed by atoms with Gasteiger partial charge in [-0.2, -0.15) is 0 Å². The summed E-state index contributed by atoms with van der Waals surface area (Å²) in [4.78, 5) is 15.5. The van der Waals surface area contributed by atoms with Crippen LogP contribution in [0.5, 0.6) is 11.5 Å². The number of carbonyl (C=O) groups excluding carboxylic acids is 1. The van der Waals surface area contributed by atoms with Gasteiger partial charge in [-0.05, 0) is 93.9 Å². The van der Waals surface area contributed by atoms with Gasteiger partial charge >= 0.3 is 0 Å². The lowest BCUT2D eigenvalue weighted by Gasteiger charge is -2.57. The van der Waals surface area contributed by atoms with Crippen LogP contribution in [0.15, 0.2) is 18.2 Å². The Balaban J connectivity index is 1.28. The number of nitrogens with zero attached hydrogens (tertiary/aromatic N) is 1. The molecule has 1 aromatic rings. The largest absolute Gasteiger partial charge is 0.497 e. The van der Waals surface area contributed by atoms with Crippen LogP contribution >= 0.6 is 0 Å². The highest BCUT2D eigenvalue weighted by molar-refractivity contribution is 5.79. The second-order valence-corrected chi connectivity index (χ2v) is 9.98. The Bertz CT molecular complexity index is 742. The van der Waals surface area contributed by atoms with E-state index in [0.29, 0.717) is 6.54 Å². The normalized spacial score (nSPS) is 35.7. The molecule has 1 N–H and O–H groups in total. The van der Waals surface area contributed by atoms with Crippen molar-refractivity contribution in [3.63, 3.8) is 0 Å². The van der Waals surface area contributed by atoms with E-state index in [-0.39, 0.29) is 17.5 Å². The summed E-state index contributed by atoms with van der Waals surface area (Å²) in [7, 11) is 3.40. The van der Waals surface area contributed by atoms with E-state index in [1.165, 1.54) is 38.5 Å². The summed E-state index contributed by atoms with van der Waals surface area (Å²) in [5.41, 5.74) is 1.22. The van der Waals surface area contributed by atoms with E-state index in [2.05, 4.69) is 16.3 Å². The summed E-state index contributed by atoms with van der Waals surface area (Å²) < 4.78 is 11.1. The van der Waals surface area contributed by atoms with Gasteiger partial charge in [0, 0.05) is 17.1 Å². The molecule has 1 amide bonds. The number of rotatable bonds is 6. The molecule has 5 heteroatoms. The summed E-state index contributed by atoms with van der Waals surface area (Å²) in [5, 5.41) is 3.54. The van der Waals surface area contributed by atoms with Gasteiger partial charge in [-0.25, -0.2) is 0 Å². The summed E-state index contributed by atoms with van der Waals surface area (Å²) >= 11 is 0. The van der Waals surface area contributed by atoms with Crippen molar-refractivity contribution in [3.05, 3.63) is 23.8 Å². The van der Waals surface area contributed by atoms with Crippen LogP contribution in [0, 0.1) is 17.8 Å². The fraction of sp³-hybridized carbons (Fsp3) is 0.708. The topological polar surface area (TPSA) is 50.8 Å². The fourth-order valence-corrected chi connectivity index (χ4v) is 7.25. The van der Waals surface area contributed by atoms with Crippen LogP contribution in [0.25, 0.3) is 0 Å². The Kier molecular flexibility index (Phi) is 4.97. The molecule has 1 atom stereocenters. The number of ether oxygens (including phenoxy) is 2. The van der Waals surface area contributed by atoms with Crippen molar-refractivity contribution in [2.24, 2.45) is 17.8 Å². The lowest BCUT2D eigenvalue weighted by Crippen LogP contribution is -2.60. The molecular formula is C24H34N2O3. The molecule has 5 nitrogen and oxygen atoms in total. The second kappa shape index (κ2) is 7.50. The first-order valence-electron chi connectivity index (χ1n) is 11.3. The van der Waals surface area contributed by atoms with E-state index in [4.69, 9.17) is 9.47 Å². The molecular weight excluding hydrogens is 364 g/mol. The van der Waals surface area contributed by atoms with E-state index in [0.717, 1.165) is 54.2 Å². The maximum absolute atomic E-state index is 13.1. The first-order chi connectivity index (χ1) is 14.1. The van der Waals surface area contributed by atoms with E-state index in [1.54, 1.807) is 14.2 Å². The number of methoxy groups -OCH3 is 2. The van der Waals surface area contributed by atoms with Gasteiger partial charge < -0.3 is 14.8 Å². The highest BCUT2D eigenvalue weighted by atomic mass is 16.5. The van der Waals surface area contributed by atoms with Crippen molar-refractivity contribution >= 4 is 5.91 Å². The van der Waals surface area contributed by atoms with Gasteiger partial charge in [0.2, 0.25) is 5.91 Å². The number of nitrogens with one attached hydrogen (secondary N) is 1. The van der Waals surface area contributed by atoms with E-state index in [1.807, 2.05) is 12.1 Å². The van der Waals surface area contributed by atoms with Crippen molar-refractivity contribution in [2.75, 3.05) is 27.3 Å². The number of hydrogen-bond donors (Lipinski definition) is 1. The van der Waals surface area contributed by atoms with Gasteiger partial charge in [0.15, 0.2) is 0 Å². The summed E-state index contributed by atoms with van der Waals surface area (Å²) in [6.45, 7) is 1.44. The van der Waals surface area contributed by atoms with Crippen molar-refractivity contribution in [2.45, 2.75) is 62.9 Å². The Hall–Kier alpha value is -1.75. The summed E-state index contributed by atoms with van der Waals surface area (Å²) in [5.74, 6) is 4.47. The molecule has 5 aliphatic rings. The van der Waals surface area contributed by atoms with Crippen LogP contribution in [0.3, 0.4) is 0 Å². The Labute approximate surface area is 174 Å². The van der Waals surface area contributed by atoms with E-state index < -0.39 is 0 Å². The molecule has 29 heavy (non-hydrogen) atoms. The molecule has 0 radical (unpaired) electrons. The molecule has 1 aliphatic heterocycles. The maximum Gasteiger partial charge on any atom is 0.234 e. The molecule has 0 aromatic heterocycles. The van der Waals surface area contributed by atoms with Gasteiger partial charge in [0.25, 0.3) is 0 Å². The van der Waals surface area contributed by atoms with Crippen molar-refractivity contribution in [1.29, 1.82) is 0 Å². The molecule has 1 saturated heterocycles. The average molecular weight is 399 g/mol. The smallest absolute Gasteiger partial charge is 0.234 e. The highest BCUT2D eigenvalue weighted by Crippen LogP contribution is 2.55. The van der Waals surface area contributed by atoms with Crippen LogP contribution in [-0.2, 0) is 4.79 Å². The molecule has 0 spiro atoms. The highest BCUT2D eigenvalue weighted by Gasteiger charge is 2.51. The third-order valence-corrected chi connectivity index (χ3v) is 7.95. The predicted octanol–water partition coefficient (Wildman–Crippen LogP) is 3.93. The zero-order valence-electron chi connectivity index (χ0n) is 17.8. The molecule has 4 bridgehead atoms. The zero-order chi connectivity index (χ0) is 20.0. The van der Waals surface area contributed by atoms with Gasteiger partial charge in [-0.3, -0.25) is 9.69 Å². The SMILES string of the molecule is COc1ccc(OC)c([C@H]2CCCN2CC(=O)NC23CC4CC(CC(C4)C2)C3)c1. The Morgan fingerprint density at radius 2 is 1.79 bits per heavy atom. The monoisotopic (exact) mass is 398 g/mol. The van der Waals surface area contributed by atoms with E-state index >= 15 is 0 Å². The molecule has 1 heterocycles. The van der Waals surface area contributed by atoms with Crippen molar-refractivity contribution < 1.29 is 14.3 Å². The zero-order valence-corrected chi connectivity index (χ0v) is 17.8. The lowest BCUT2D eigenvalue weighted by atomic mass is 9.53. The van der Waals surface area contributed by atoms with Gasteiger partial charge in [0.05, 0.1) is 20.8 Å². The molecule has 4 aliphatic carbocycles. The van der Waals surface area contributed by atoms with Crippen LogP contribution in [0.4, 0.5) is 0 Å². The lowest BCUT2D eigenvalue weighted by molar-refractivity contribution is -0.128. The molecule has 0 unspecified atom stereocenters. The molecule has 158 valence electrons. The van der Waals surface area contributed by atoms with Gasteiger partial charge in [0.1, 0.15) is 11.5 Å². The minimum Gasteiger partial charge on any atom is -0.497 e. The number of amides is 1. The molecule has 5 fully saturated rings. The molecule has 4 saturated carbocycles. The quantitative estimate of drug-likeness (QED) is 0.789. The third kappa shape index (κ3) is 3.63. The third-order valence-electron chi connectivity index (χ3n) is 7.95. The Morgan fingerprint density at radius 1 is 1.10 bits per heavy atom. The van der Waals surface area contributed by atoms with Gasteiger partial charge in [-0.15, -0.1) is 0 Å². The molecule has 6 rings (SSSR count). The average Bonchev–Trinajstić information content (AvgIpc) is 3.13. The van der Waals surface area contributed by atoms with Crippen molar-refractivity contribution in [1.82, 2.24) is 10.2 Å². The number of likely N-dealkylation sites (tertiary alicyclic amines) is 1. The standard InChI is InChI=1S/C24H34N2O3/c1-28-19-5-6-22(29-2)20(11-19)21-4-3-7-26(21)15-23(27)25-24-12-16-8-17(13-24)10-18(9-16)14-24/h5-6,11,16-18,21H,3-4,7-10,12-15H2,1-2H3,(H,25,27)/t16?,17?,18?,21-,24?/m1/s1. The number of hydrogen-bond acceptors (Lipinski definition) is 4. The number of carbonyl (C=O) groups is 1. The van der Waals surface area contributed by atoms with Gasteiger partial charge in [-0.1, -0.05) is 0 Å². The van der Waals surface area contributed by atoms with Crippen LogP contribution in [0.2, 0.25) is 0 Å². The first-order valence-corrected chi connectivity index (χ1v) is 11.3. The molecule has 1 aromatic carbocycles. The van der Waals surface area contributed by atoms with Crippen molar-refractivity contribution in [3.8, 4) is 11.5 Å². The Morgan fingerprint density at radius 3 is 2.41 bits per heavy atom. The second-order valence-electron chi connectivity index (χ2n) is 9.98. The number of benzene rings is 1. The van der Waals surface area contributed by atoms with Crippen LogP contribution < -0.4 is 14.8 Å². The van der Waals surface area contributed by atoms with Crippen LogP contribution in [-0.4, -0.2) is 43.7 Å².